The Morgan fingerprint density at radius 3 is 1.24 bits per heavy atom. The molecule has 0 bridgehead atoms. The molecule has 0 saturated heterocycles. The van der Waals surface area contributed by atoms with Crippen LogP contribution in [0.4, 0.5) is 11.6 Å². The lowest BCUT2D eigenvalue weighted by Gasteiger charge is -2.23. The van der Waals surface area contributed by atoms with Gasteiger partial charge in [-0.3, -0.25) is 20.4 Å². The maximum Gasteiger partial charge on any atom is 0.297 e. The SMILES string of the molecule is COc1ccc(/C=C2\N=C(c3ccccc3)N(Nc3nnc(NN4C(=O)/C(=C/c5ccc(OC)cc5)N=C4c4ccccc4)c4ccccc34)C2=O)cc1. The number of anilines is 2. The van der Waals surface area contributed by atoms with Crippen molar-refractivity contribution >= 4 is 58.0 Å². The van der Waals surface area contributed by atoms with E-state index in [2.05, 4.69) is 21.0 Å². The van der Waals surface area contributed by atoms with E-state index < -0.39 is 0 Å². The van der Waals surface area contributed by atoms with Gasteiger partial charge in [-0.25, -0.2) is 9.98 Å². The lowest BCUT2D eigenvalue weighted by molar-refractivity contribution is -0.122. The molecule has 54 heavy (non-hydrogen) atoms. The van der Waals surface area contributed by atoms with Crippen LogP contribution in [0.25, 0.3) is 22.9 Å². The summed E-state index contributed by atoms with van der Waals surface area (Å²) in [7, 11) is 3.20. The summed E-state index contributed by atoms with van der Waals surface area (Å²) in [6, 6.07) is 41.0. The number of ether oxygens (including phenoxy) is 2. The van der Waals surface area contributed by atoms with E-state index in [0.29, 0.717) is 45.6 Å². The van der Waals surface area contributed by atoms with E-state index in [1.54, 1.807) is 26.4 Å². The Morgan fingerprint density at radius 2 is 0.870 bits per heavy atom. The standard InChI is InChI=1S/C42H32N8O4/c1-53-31-21-17-27(18-22-31)25-35-41(51)49(39(43-35)29-11-5-3-6-12-29)47-37-33-15-9-10-16-34(33)38(46-45-37)48-50-40(30-13-7-4-8-14-30)44-36(42(50)52)26-28-19-23-32(54-2)24-20-28/h3-26H,1-2H3,(H,45,47)(H,46,48)/b35-25-,36-26-. The van der Waals surface area contributed by atoms with Crippen LogP contribution in [0.3, 0.4) is 0 Å². The van der Waals surface area contributed by atoms with Gasteiger partial charge in [0, 0.05) is 21.9 Å². The molecular weight excluding hydrogens is 681 g/mol. The molecule has 12 heteroatoms. The Kier molecular flexibility index (Phi) is 9.04. The number of rotatable bonds is 10. The number of aromatic nitrogens is 2. The second-order valence-corrected chi connectivity index (χ2v) is 12.2. The zero-order valence-corrected chi connectivity index (χ0v) is 29.2. The van der Waals surface area contributed by atoms with Crippen LogP contribution in [0.15, 0.2) is 155 Å². The third-order valence-corrected chi connectivity index (χ3v) is 8.75. The Labute approximate surface area is 310 Å². The number of amidine groups is 2. The molecule has 2 aliphatic rings. The second-order valence-electron chi connectivity index (χ2n) is 12.2. The highest BCUT2D eigenvalue weighted by molar-refractivity contribution is 6.22. The van der Waals surface area contributed by atoms with Crippen molar-refractivity contribution in [1.82, 2.24) is 20.2 Å². The smallest absolute Gasteiger partial charge is 0.297 e. The number of hydrogen-bond acceptors (Lipinski definition) is 10. The second kappa shape index (κ2) is 14.6. The summed E-state index contributed by atoms with van der Waals surface area (Å²) in [5.41, 5.74) is 9.89. The zero-order chi connectivity index (χ0) is 37.0. The topological polar surface area (TPSA) is 134 Å². The predicted molar refractivity (Wildman–Crippen MR) is 208 cm³/mol. The molecule has 0 unspecified atom stereocenters. The van der Waals surface area contributed by atoms with Crippen LogP contribution in [0.2, 0.25) is 0 Å². The number of nitrogens with zero attached hydrogens (tertiary/aromatic N) is 6. The molecule has 6 aromatic rings. The Hall–Kier alpha value is -7.60. The van der Waals surface area contributed by atoms with Gasteiger partial charge in [-0.05, 0) is 47.5 Å². The van der Waals surface area contributed by atoms with Crippen LogP contribution in [0.5, 0.6) is 11.5 Å². The molecule has 2 N–H and O–H groups in total. The molecule has 1 aromatic heterocycles. The molecule has 0 aliphatic carbocycles. The first-order valence-corrected chi connectivity index (χ1v) is 17.0. The van der Waals surface area contributed by atoms with E-state index in [4.69, 9.17) is 19.5 Å². The lowest BCUT2D eigenvalue weighted by Crippen LogP contribution is -2.39. The van der Waals surface area contributed by atoms with Crippen molar-refractivity contribution < 1.29 is 19.1 Å². The normalized spacial score (nSPS) is 15.5. The summed E-state index contributed by atoms with van der Waals surface area (Å²) in [4.78, 5) is 37.4. The molecule has 12 nitrogen and oxygen atoms in total. The first-order valence-electron chi connectivity index (χ1n) is 17.0. The molecule has 2 aliphatic heterocycles. The van der Waals surface area contributed by atoms with Gasteiger partial charge < -0.3 is 9.47 Å². The predicted octanol–water partition coefficient (Wildman–Crippen LogP) is 6.96. The molecule has 264 valence electrons. The largest absolute Gasteiger partial charge is 0.497 e. The fourth-order valence-corrected chi connectivity index (χ4v) is 6.00. The highest BCUT2D eigenvalue weighted by Gasteiger charge is 2.34. The minimum absolute atomic E-state index is 0.237. The number of nitrogens with one attached hydrogen (secondary N) is 2. The molecule has 5 aromatic carbocycles. The Morgan fingerprint density at radius 1 is 0.500 bits per heavy atom. The van der Waals surface area contributed by atoms with Crippen molar-refractivity contribution in [3.8, 4) is 11.5 Å². The molecule has 0 fully saturated rings. The van der Waals surface area contributed by atoms with Crippen LogP contribution in [-0.2, 0) is 9.59 Å². The van der Waals surface area contributed by atoms with Crippen LogP contribution in [-0.4, -0.2) is 57.9 Å². The summed E-state index contributed by atoms with van der Waals surface area (Å²) in [5, 5.41) is 13.1. The van der Waals surface area contributed by atoms with E-state index in [9.17, 15) is 9.59 Å². The Bertz CT molecular complexity index is 2320. The summed E-state index contributed by atoms with van der Waals surface area (Å²) < 4.78 is 10.6. The highest BCUT2D eigenvalue weighted by Crippen LogP contribution is 2.31. The van der Waals surface area contributed by atoms with E-state index in [1.165, 1.54) is 10.0 Å². The van der Waals surface area contributed by atoms with E-state index in [1.807, 2.05) is 133 Å². The number of benzene rings is 5. The molecule has 3 heterocycles. The highest BCUT2D eigenvalue weighted by atomic mass is 16.5. The van der Waals surface area contributed by atoms with Crippen molar-refractivity contribution in [3.63, 3.8) is 0 Å². The van der Waals surface area contributed by atoms with Crippen molar-refractivity contribution in [3.05, 3.63) is 167 Å². The van der Waals surface area contributed by atoms with Crippen molar-refractivity contribution in [2.45, 2.75) is 0 Å². The summed E-state index contributed by atoms with van der Waals surface area (Å²) in [6.45, 7) is 0. The molecular formula is C42H32N8O4. The number of carbonyl (C=O) groups is 2. The van der Waals surface area contributed by atoms with Gasteiger partial charge in [-0.1, -0.05) is 109 Å². The zero-order valence-electron chi connectivity index (χ0n) is 29.2. The summed E-state index contributed by atoms with van der Waals surface area (Å²) in [6.07, 6.45) is 3.44. The minimum atomic E-state index is -0.375. The number of hydrogen-bond donors (Lipinski definition) is 2. The number of fused-ring (bicyclic) bond motifs is 1. The molecule has 8 rings (SSSR count). The summed E-state index contributed by atoms with van der Waals surface area (Å²) >= 11 is 0. The monoisotopic (exact) mass is 712 g/mol. The number of hydrazine groups is 2. The summed E-state index contributed by atoms with van der Waals surface area (Å²) in [5.74, 6) is 2.08. The number of aliphatic imine (C=N–C) groups is 2. The van der Waals surface area contributed by atoms with Crippen LogP contribution in [0.1, 0.15) is 22.3 Å². The minimum Gasteiger partial charge on any atom is -0.497 e. The van der Waals surface area contributed by atoms with Crippen molar-refractivity contribution in [2.24, 2.45) is 9.98 Å². The molecule has 0 saturated carbocycles. The molecule has 0 spiro atoms. The molecule has 0 radical (unpaired) electrons. The van der Waals surface area contributed by atoms with E-state index >= 15 is 0 Å². The van der Waals surface area contributed by atoms with Gasteiger partial charge in [0.15, 0.2) is 23.3 Å². The third-order valence-electron chi connectivity index (χ3n) is 8.75. The number of amides is 2. The first-order chi connectivity index (χ1) is 26.5. The molecule has 0 atom stereocenters. The van der Waals surface area contributed by atoms with Gasteiger partial charge in [0.05, 0.1) is 14.2 Å². The van der Waals surface area contributed by atoms with Gasteiger partial charge in [0.25, 0.3) is 11.8 Å². The van der Waals surface area contributed by atoms with Gasteiger partial charge in [-0.2, -0.15) is 10.0 Å². The molecule has 2 amide bonds. The van der Waals surface area contributed by atoms with Crippen molar-refractivity contribution in [2.75, 3.05) is 25.1 Å². The number of methoxy groups -OCH3 is 2. The lowest BCUT2D eigenvalue weighted by atomic mass is 10.1. The quantitative estimate of drug-likeness (QED) is 0.146. The van der Waals surface area contributed by atoms with Gasteiger partial charge in [0.1, 0.15) is 22.9 Å². The average molecular weight is 713 g/mol. The van der Waals surface area contributed by atoms with E-state index in [0.717, 1.165) is 22.3 Å². The fraction of sp³-hybridized carbons (Fsp3) is 0.0476. The van der Waals surface area contributed by atoms with Crippen molar-refractivity contribution in [1.29, 1.82) is 0 Å². The van der Waals surface area contributed by atoms with Crippen LogP contribution >= 0.6 is 0 Å². The van der Waals surface area contributed by atoms with Crippen LogP contribution in [0, 0.1) is 0 Å². The maximum absolute atomic E-state index is 14.0. The first kappa shape index (κ1) is 33.5. The van der Waals surface area contributed by atoms with Crippen LogP contribution < -0.4 is 20.3 Å². The van der Waals surface area contributed by atoms with Gasteiger partial charge >= 0.3 is 0 Å². The fourth-order valence-electron chi connectivity index (χ4n) is 6.00. The van der Waals surface area contributed by atoms with Gasteiger partial charge in [-0.15, -0.1) is 10.2 Å². The van der Waals surface area contributed by atoms with E-state index in [-0.39, 0.29) is 23.2 Å². The Balaban J connectivity index is 1.13. The maximum atomic E-state index is 14.0. The number of carbonyl (C=O) groups excluding carboxylic acids is 2. The van der Waals surface area contributed by atoms with Gasteiger partial charge in [0.2, 0.25) is 0 Å². The average Bonchev–Trinajstić information content (AvgIpc) is 3.70. The third kappa shape index (κ3) is 6.62.